The van der Waals surface area contributed by atoms with E-state index in [-0.39, 0.29) is 5.04 Å². The summed E-state index contributed by atoms with van der Waals surface area (Å²) in [4.78, 5) is 12.6. The molecule has 0 aromatic heterocycles. The van der Waals surface area contributed by atoms with Crippen LogP contribution in [0, 0.1) is 11.8 Å². The monoisotopic (exact) mass is 378 g/mol. The quantitative estimate of drug-likeness (QED) is 0.559. The molecule has 0 bridgehead atoms. The lowest BCUT2D eigenvalue weighted by molar-refractivity contribution is -0.120. The highest BCUT2D eigenvalue weighted by Gasteiger charge is 2.54. The smallest absolute Gasteiger partial charge is 0.136 e. The first-order chi connectivity index (χ1) is 12.9. The second kappa shape index (κ2) is 8.14. The fourth-order valence-corrected chi connectivity index (χ4v) is 10.7. The molecule has 144 valence electrons. The number of carbonyl (C=O) groups is 1. The summed E-state index contributed by atoms with van der Waals surface area (Å²) in [5, 5.41) is 3.21. The molecule has 1 nitrogen and oxygen atoms in total. The van der Waals surface area contributed by atoms with Crippen LogP contribution in [0.2, 0.25) is 11.1 Å². The van der Waals surface area contributed by atoms with E-state index in [9.17, 15) is 4.79 Å². The van der Waals surface area contributed by atoms with E-state index in [2.05, 4.69) is 88.4 Å². The molecule has 2 unspecified atom stereocenters. The fraction of sp³-hybridized carbons (Fsp3) is 0.480. The molecule has 0 aliphatic heterocycles. The number of benzene rings is 2. The van der Waals surface area contributed by atoms with Gasteiger partial charge in [0.15, 0.2) is 0 Å². The molecule has 0 saturated heterocycles. The van der Waals surface area contributed by atoms with Crippen molar-refractivity contribution in [3.63, 3.8) is 0 Å². The van der Waals surface area contributed by atoms with Crippen molar-refractivity contribution < 1.29 is 4.79 Å². The first-order valence-corrected chi connectivity index (χ1v) is 12.7. The molecule has 1 fully saturated rings. The topological polar surface area (TPSA) is 17.1 Å². The Kier molecular flexibility index (Phi) is 6.05. The van der Waals surface area contributed by atoms with Crippen molar-refractivity contribution >= 4 is 24.2 Å². The third-order valence-electron chi connectivity index (χ3n) is 6.49. The van der Waals surface area contributed by atoms with Crippen LogP contribution in [0.4, 0.5) is 0 Å². The van der Waals surface area contributed by atoms with Crippen molar-refractivity contribution in [3.05, 3.63) is 60.7 Å². The molecule has 2 atom stereocenters. The summed E-state index contributed by atoms with van der Waals surface area (Å²) in [7, 11) is -2.02. The summed E-state index contributed by atoms with van der Waals surface area (Å²) in [6.07, 6.45) is 4.03. The molecule has 1 aliphatic carbocycles. The van der Waals surface area contributed by atoms with Gasteiger partial charge in [-0.05, 0) is 29.8 Å². The van der Waals surface area contributed by atoms with Crippen LogP contribution in [0.5, 0.6) is 0 Å². The molecule has 0 amide bonds. The largest absolute Gasteiger partial charge is 0.299 e. The van der Waals surface area contributed by atoms with Crippen LogP contribution in [-0.2, 0) is 4.79 Å². The molecule has 0 heterocycles. The Hall–Kier alpha value is -1.67. The van der Waals surface area contributed by atoms with Gasteiger partial charge in [-0.15, -0.1) is 0 Å². The van der Waals surface area contributed by atoms with Crippen LogP contribution in [0.15, 0.2) is 60.7 Å². The highest BCUT2D eigenvalue weighted by Crippen LogP contribution is 2.50. The predicted octanol–water partition coefficient (Wildman–Crippen LogP) is 5.45. The summed E-state index contributed by atoms with van der Waals surface area (Å²) in [6, 6.07) is 23.5. The van der Waals surface area contributed by atoms with Gasteiger partial charge in [0.25, 0.3) is 0 Å². The molecule has 0 radical (unpaired) electrons. The average molecular weight is 379 g/mol. The number of Topliss-reactive ketones (excluding diaryl/α,β-unsaturated/α-hetero) is 1. The second-order valence-corrected chi connectivity index (χ2v) is 14.1. The van der Waals surface area contributed by atoms with Crippen LogP contribution in [0.25, 0.3) is 0 Å². The molecular formula is C25H34OSi. The zero-order valence-corrected chi connectivity index (χ0v) is 18.4. The van der Waals surface area contributed by atoms with Crippen molar-refractivity contribution in [1.29, 1.82) is 0 Å². The van der Waals surface area contributed by atoms with Crippen molar-refractivity contribution in [3.8, 4) is 0 Å². The summed E-state index contributed by atoms with van der Waals surface area (Å²) in [6.45, 7) is 9.40. The van der Waals surface area contributed by atoms with Gasteiger partial charge in [0.1, 0.15) is 13.9 Å². The maximum atomic E-state index is 12.6. The first kappa shape index (κ1) is 20.1. The fourth-order valence-electron chi connectivity index (χ4n) is 4.82. The van der Waals surface area contributed by atoms with E-state index in [1.165, 1.54) is 16.4 Å². The van der Waals surface area contributed by atoms with Gasteiger partial charge in [0.05, 0.1) is 0 Å². The average Bonchev–Trinajstić information content (AvgIpc) is 3.44. The maximum absolute atomic E-state index is 12.6. The lowest BCUT2D eigenvalue weighted by Gasteiger charge is -2.44. The van der Waals surface area contributed by atoms with Gasteiger partial charge >= 0.3 is 0 Å². The Labute approximate surface area is 166 Å². The van der Waals surface area contributed by atoms with Crippen LogP contribution >= 0.6 is 0 Å². The molecule has 27 heavy (non-hydrogen) atoms. The summed E-state index contributed by atoms with van der Waals surface area (Å²) >= 11 is 0. The Morgan fingerprint density at radius 2 is 1.48 bits per heavy atom. The lowest BCUT2D eigenvalue weighted by atomic mass is 10.1. The Morgan fingerprint density at radius 3 is 1.93 bits per heavy atom. The molecule has 1 saturated carbocycles. The summed E-state index contributed by atoms with van der Waals surface area (Å²) < 4.78 is 0. The van der Waals surface area contributed by atoms with Gasteiger partial charge in [0.2, 0.25) is 0 Å². The van der Waals surface area contributed by atoms with E-state index in [1.54, 1.807) is 0 Å². The molecule has 2 aromatic rings. The third-order valence-corrected chi connectivity index (χ3v) is 12.8. The minimum absolute atomic E-state index is 0.190. The third kappa shape index (κ3) is 4.11. The SMILES string of the molecule is CCCCC(=O)C1CC1C[Si](c1ccccc1)(c1ccccc1)C(C)(C)C. The van der Waals surface area contributed by atoms with Crippen molar-refractivity contribution in [2.45, 2.75) is 64.5 Å². The summed E-state index contributed by atoms with van der Waals surface area (Å²) in [5.74, 6) is 1.40. The van der Waals surface area contributed by atoms with Crippen LogP contribution in [0.3, 0.4) is 0 Å². The van der Waals surface area contributed by atoms with Crippen molar-refractivity contribution in [2.24, 2.45) is 11.8 Å². The molecule has 0 spiro atoms. The van der Waals surface area contributed by atoms with Gasteiger partial charge in [0, 0.05) is 12.3 Å². The van der Waals surface area contributed by atoms with Crippen LogP contribution < -0.4 is 10.4 Å². The van der Waals surface area contributed by atoms with Gasteiger partial charge in [-0.2, -0.15) is 0 Å². The molecule has 2 aromatic carbocycles. The normalized spacial score (nSPS) is 19.7. The first-order valence-electron chi connectivity index (χ1n) is 10.5. The van der Waals surface area contributed by atoms with Gasteiger partial charge in [-0.1, -0.05) is 105 Å². The highest BCUT2D eigenvalue weighted by molar-refractivity contribution is 7.04. The van der Waals surface area contributed by atoms with Gasteiger partial charge in [-0.25, -0.2) is 0 Å². The number of hydrogen-bond acceptors (Lipinski definition) is 1. The molecule has 2 heteroatoms. The Balaban J connectivity index is 1.98. The van der Waals surface area contributed by atoms with Crippen LogP contribution in [0.1, 0.15) is 53.4 Å². The maximum Gasteiger partial charge on any atom is 0.136 e. The molecule has 0 N–H and O–H groups in total. The minimum Gasteiger partial charge on any atom is -0.299 e. The number of ketones is 1. The van der Waals surface area contributed by atoms with E-state index in [0.717, 1.165) is 25.7 Å². The van der Waals surface area contributed by atoms with Gasteiger partial charge < -0.3 is 0 Å². The number of carbonyl (C=O) groups excluding carboxylic acids is 1. The number of rotatable bonds is 8. The van der Waals surface area contributed by atoms with E-state index in [4.69, 9.17) is 0 Å². The van der Waals surface area contributed by atoms with Crippen LogP contribution in [-0.4, -0.2) is 13.9 Å². The minimum atomic E-state index is -2.02. The standard InChI is InChI=1S/C25H34OSi/c1-5-6-17-24(26)23-18-20(23)19-27(25(2,3)4,21-13-9-7-10-14-21)22-15-11-8-12-16-22/h7-16,20,23H,5-6,17-19H2,1-4H3. The van der Waals surface area contributed by atoms with E-state index >= 15 is 0 Å². The summed E-state index contributed by atoms with van der Waals surface area (Å²) in [5.41, 5.74) is 0. The molecule has 1 aliphatic rings. The second-order valence-electron chi connectivity index (χ2n) is 9.26. The van der Waals surface area contributed by atoms with Gasteiger partial charge in [-0.3, -0.25) is 4.79 Å². The highest BCUT2D eigenvalue weighted by atomic mass is 28.3. The Bertz CT molecular complexity index is 705. The van der Waals surface area contributed by atoms with E-state index < -0.39 is 8.07 Å². The lowest BCUT2D eigenvalue weighted by Crippen LogP contribution is -2.64. The zero-order valence-electron chi connectivity index (χ0n) is 17.4. The Morgan fingerprint density at radius 1 is 0.963 bits per heavy atom. The predicted molar refractivity (Wildman–Crippen MR) is 119 cm³/mol. The van der Waals surface area contributed by atoms with E-state index in [0.29, 0.717) is 17.6 Å². The zero-order chi connectivity index (χ0) is 19.5. The van der Waals surface area contributed by atoms with Crippen molar-refractivity contribution in [1.82, 2.24) is 0 Å². The number of hydrogen-bond donors (Lipinski definition) is 0. The molecular weight excluding hydrogens is 344 g/mol. The van der Waals surface area contributed by atoms with Crippen molar-refractivity contribution in [2.75, 3.05) is 0 Å². The molecule has 3 rings (SSSR count). The number of unbranched alkanes of at least 4 members (excludes halogenated alkanes) is 1. The van der Waals surface area contributed by atoms with E-state index in [1.807, 2.05) is 0 Å².